The molecule has 0 saturated carbocycles. The van der Waals surface area contributed by atoms with Crippen LogP contribution in [-0.4, -0.2) is 14.4 Å². The van der Waals surface area contributed by atoms with E-state index in [1.807, 2.05) is 0 Å². The number of ether oxygens (including phenoxy) is 1. The van der Waals surface area contributed by atoms with Gasteiger partial charge in [0.15, 0.2) is 5.94 Å². The summed E-state index contributed by atoms with van der Waals surface area (Å²) in [5, 5.41) is 0.577. The summed E-state index contributed by atoms with van der Waals surface area (Å²) in [6.45, 7) is 0. The molecule has 0 amide bonds. The fourth-order valence-corrected chi connectivity index (χ4v) is 2.50. The van der Waals surface area contributed by atoms with Crippen LogP contribution in [0.25, 0.3) is 0 Å². The van der Waals surface area contributed by atoms with Crippen LogP contribution in [0.4, 0.5) is 0 Å². The molecule has 0 heterocycles. The third kappa shape index (κ3) is 3.24. The minimum absolute atomic E-state index is 0.249. The van der Waals surface area contributed by atoms with Crippen LogP contribution in [0, 0.1) is 0 Å². The Kier molecular flexibility index (Phi) is 3.89. The molecule has 0 radical (unpaired) electrons. The van der Waals surface area contributed by atoms with Gasteiger partial charge in [0.2, 0.25) is 9.84 Å². The van der Waals surface area contributed by atoms with Crippen LogP contribution in [0.2, 0.25) is 5.02 Å². The molecule has 0 spiro atoms. The van der Waals surface area contributed by atoms with E-state index in [-0.39, 0.29) is 4.90 Å². The van der Waals surface area contributed by atoms with Crippen molar-refractivity contribution in [2.45, 2.75) is 4.90 Å². The average molecular weight is 283 g/mol. The highest BCUT2D eigenvalue weighted by atomic mass is 35.5. The molecule has 0 saturated heterocycles. The molecule has 0 aromatic heterocycles. The highest BCUT2D eigenvalue weighted by molar-refractivity contribution is 7.91. The molecule has 0 atom stereocenters. The van der Waals surface area contributed by atoms with Crippen LogP contribution in [0.3, 0.4) is 0 Å². The Morgan fingerprint density at radius 3 is 2.17 bits per heavy atom. The monoisotopic (exact) mass is 282 g/mol. The molecule has 0 aliphatic rings. The molecule has 3 nitrogen and oxygen atoms in total. The normalized spacial score (nSPS) is 11.2. The van der Waals surface area contributed by atoms with Crippen molar-refractivity contribution in [3.8, 4) is 5.75 Å². The molecular formula is C13H11ClO3S. The molecule has 2 aromatic carbocycles. The maximum atomic E-state index is 11.9. The summed E-state index contributed by atoms with van der Waals surface area (Å²) in [5.41, 5.74) is 0. The zero-order valence-electron chi connectivity index (χ0n) is 9.41. The topological polar surface area (TPSA) is 43.4 Å². The smallest absolute Gasteiger partial charge is 0.213 e. The molecule has 94 valence electrons. The lowest BCUT2D eigenvalue weighted by Crippen LogP contribution is -2.12. The molecule has 0 aliphatic heterocycles. The van der Waals surface area contributed by atoms with Crippen molar-refractivity contribution in [2.75, 3.05) is 5.94 Å². The van der Waals surface area contributed by atoms with Gasteiger partial charge in [-0.05, 0) is 36.4 Å². The van der Waals surface area contributed by atoms with E-state index in [1.165, 1.54) is 0 Å². The summed E-state index contributed by atoms with van der Waals surface area (Å²) in [6.07, 6.45) is 0. The number of halogens is 1. The molecule has 2 rings (SSSR count). The van der Waals surface area contributed by atoms with Crippen molar-refractivity contribution >= 4 is 21.4 Å². The first kappa shape index (κ1) is 12.9. The van der Waals surface area contributed by atoms with Crippen LogP contribution < -0.4 is 4.74 Å². The zero-order chi connectivity index (χ0) is 13.0. The molecule has 0 bridgehead atoms. The maximum absolute atomic E-state index is 11.9. The Labute approximate surface area is 111 Å². The highest BCUT2D eigenvalue weighted by Gasteiger charge is 2.14. The van der Waals surface area contributed by atoms with Gasteiger partial charge in [0.05, 0.1) is 4.90 Å². The van der Waals surface area contributed by atoms with Crippen molar-refractivity contribution in [1.82, 2.24) is 0 Å². The Balaban J connectivity index is 2.08. The lowest BCUT2D eigenvalue weighted by atomic mass is 10.3. The predicted octanol–water partition coefficient (Wildman–Crippen LogP) is 3.15. The lowest BCUT2D eigenvalue weighted by molar-refractivity contribution is 0.376. The second kappa shape index (κ2) is 5.42. The number of rotatable bonds is 4. The largest absolute Gasteiger partial charge is 0.477 e. The predicted molar refractivity (Wildman–Crippen MR) is 70.6 cm³/mol. The first-order valence-electron chi connectivity index (χ1n) is 5.24. The first-order chi connectivity index (χ1) is 8.58. The summed E-state index contributed by atoms with van der Waals surface area (Å²) in [7, 11) is -3.42. The lowest BCUT2D eigenvalue weighted by Gasteiger charge is -2.07. The fraction of sp³-hybridized carbons (Fsp3) is 0.0769. The van der Waals surface area contributed by atoms with Crippen molar-refractivity contribution in [3.05, 3.63) is 59.6 Å². The highest BCUT2D eigenvalue weighted by Crippen LogP contribution is 2.17. The van der Waals surface area contributed by atoms with Crippen molar-refractivity contribution in [3.63, 3.8) is 0 Å². The summed E-state index contributed by atoms with van der Waals surface area (Å²) in [6, 6.07) is 14.7. The first-order valence-corrected chi connectivity index (χ1v) is 7.27. The quantitative estimate of drug-likeness (QED) is 0.865. The van der Waals surface area contributed by atoms with E-state index < -0.39 is 15.8 Å². The molecule has 5 heteroatoms. The molecule has 0 aliphatic carbocycles. The number of sulfone groups is 1. The minimum Gasteiger partial charge on any atom is -0.477 e. The number of hydrogen-bond donors (Lipinski definition) is 0. The van der Waals surface area contributed by atoms with Gasteiger partial charge in [-0.25, -0.2) is 8.42 Å². The van der Waals surface area contributed by atoms with Gasteiger partial charge in [0.1, 0.15) is 5.75 Å². The Hall–Kier alpha value is -1.52. The van der Waals surface area contributed by atoms with Gasteiger partial charge in [-0.1, -0.05) is 29.8 Å². The second-order valence-corrected chi connectivity index (χ2v) is 6.02. The molecule has 2 aromatic rings. The van der Waals surface area contributed by atoms with E-state index in [9.17, 15) is 8.42 Å². The van der Waals surface area contributed by atoms with E-state index in [4.69, 9.17) is 16.3 Å². The summed E-state index contributed by atoms with van der Waals surface area (Å²) >= 11 is 5.72. The van der Waals surface area contributed by atoms with Crippen molar-refractivity contribution in [2.24, 2.45) is 0 Å². The van der Waals surface area contributed by atoms with Crippen LogP contribution in [0.5, 0.6) is 5.75 Å². The van der Waals surface area contributed by atoms with Gasteiger partial charge in [-0.15, -0.1) is 0 Å². The second-order valence-electron chi connectivity index (χ2n) is 3.64. The Bertz CT molecular complexity index is 606. The van der Waals surface area contributed by atoms with Crippen LogP contribution in [0.1, 0.15) is 0 Å². The van der Waals surface area contributed by atoms with Crippen LogP contribution >= 0.6 is 11.6 Å². The average Bonchev–Trinajstić information content (AvgIpc) is 2.39. The minimum atomic E-state index is -3.42. The molecule has 0 fully saturated rings. The van der Waals surface area contributed by atoms with Gasteiger partial charge in [-0.2, -0.15) is 0 Å². The SMILES string of the molecule is O=S(=O)(COc1ccc(Cl)cc1)c1ccccc1. The van der Waals surface area contributed by atoms with Crippen LogP contribution in [-0.2, 0) is 9.84 Å². The van der Waals surface area contributed by atoms with E-state index in [0.29, 0.717) is 10.8 Å². The summed E-state index contributed by atoms with van der Waals surface area (Å²) in [5.74, 6) is 0.0810. The van der Waals surface area contributed by atoms with Gasteiger partial charge in [0.25, 0.3) is 0 Å². The molecule has 18 heavy (non-hydrogen) atoms. The summed E-state index contributed by atoms with van der Waals surface area (Å²) < 4.78 is 29.1. The zero-order valence-corrected chi connectivity index (χ0v) is 11.0. The molecular weight excluding hydrogens is 272 g/mol. The Morgan fingerprint density at radius 2 is 1.56 bits per heavy atom. The van der Waals surface area contributed by atoms with E-state index in [1.54, 1.807) is 54.6 Å². The third-order valence-electron chi connectivity index (χ3n) is 2.30. The standard InChI is InChI=1S/C13H11ClO3S/c14-11-6-8-12(9-7-11)17-10-18(15,16)13-4-2-1-3-5-13/h1-9H,10H2. The van der Waals surface area contributed by atoms with Crippen molar-refractivity contribution < 1.29 is 13.2 Å². The van der Waals surface area contributed by atoms with E-state index in [2.05, 4.69) is 0 Å². The van der Waals surface area contributed by atoms with E-state index >= 15 is 0 Å². The maximum Gasteiger partial charge on any atom is 0.213 e. The Morgan fingerprint density at radius 1 is 0.944 bits per heavy atom. The number of benzene rings is 2. The van der Waals surface area contributed by atoms with Gasteiger partial charge in [0, 0.05) is 5.02 Å². The number of hydrogen-bond acceptors (Lipinski definition) is 3. The third-order valence-corrected chi connectivity index (χ3v) is 3.97. The van der Waals surface area contributed by atoms with Gasteiger partial charge >= 0.3 is 0 Å². The van der Waals surface area contributed by atoms with Crippen LogP contribution in [0.15, 0.2) is 59.5 Å². The van der Waals surface area contributed by atoms with Gasteiger partial charge in [-0.3, -0.25) is 0 Å². The molecule has 0 unspecified atom stereocenters. The molecule has 0 N–H and O–H groups in total. The summed E-state index contributed by atoms with van der Waals surface area (Å²) in [4.78, 5) is 0.249. The van der Waals surface area contributed by atoms with Crippen molar-refractivity contribution in [1.29, 1.82) is 0 Å². The van der Waals surface area contributed by atoms with E-state index in [0.717, 1.165) is 0 Å². The van der Waals surface area contributed by atoms with Gasteiger partial charge < -0.3 is 4.74 Å². The fourth-order valence-electron chi connectivity index (χ4n) is 1.37.